The van der Waals surface area contributed by atoms with Gasteiger partial charge in [0.15, 0.2) is 0 Å². The first-order valence-electron chi connectivity index (χ1n) is 11.4. The van der Waals surface area contributed by atoms with Crippen LogP contribution in [0.3, 0.4) is 0 Å². The van der Waals surface area contributed by atoms with Crippen molar-refractivity contribution in [1.82, 2.24) is 4.98 Å². The average molecular weight is 445 g/mol. The number of hydrogen-bond donors (Lipinski definition) is 1. The molecule has 0 fully saturated rings. The van der Waals surface area contributed by atoms with Crippen molar-refractivity contribution < 1.29 is 9.53 Å². The molecule has 166 valence electrons. The first-order chi connectivity index (χ1) is 16.7. The van der Waals surface area contributed by atoms with Crippen LogP contribution in [0.2, 0.25) is 0 Å². The largest absolute Gasteiger partial charge is 0.497 e. The number of carbonyl (C=O) groups excluding carboxylic acids is 1. The molecule has 0 saturated heterocycles. The van der Waals surface area contributed by atoms with Crippen LogP contribution in [0.25, 0.3) is 10.9 Å². The van der Waals surface area contributed by atoms with Crippen molar-refractivity contribution in [1.29, 1.82) is 0 Å². The third-order valence-corrected chi connectivity index (χ3v) is 6.86. The van der Waals surface area contributed by atoms with Crippen LogP contribution >= 0.6 is 0 Å². The maximum atomic E-state index is 14.1. The van der Waals surface area contributed by atoms with E-state index in [2.05, 4.69) is 59.7 Å². The molecular weight excluding hydrogens is 420 g/mol. The van der Waals surface area contributed by atoms with Gasteiger partial charge in [0, 0.05) is 40.3 Å². The molecule has 0 saturated carbocycles. The maximum Gasteiger partial charge on any atom is 0.259 e. The molecular formula is C30H24N2O2. The van der Waals surface area contributed by atoms with E-state index in [1.807, 2.05) is 59.5 Å². The summed E-state index contributed by atoms with van der Waals surface area (Å²) in [6.45, 7) is 0. The van der Waals surface area contributed by atoms with Crippen LogP contribution in [0, 0.1) is 0 Å². The molecule has 4 heteroatoms. The Morgan fingerprint density at radius 1 is 0.794 bits per heavy atom. The highest BCUT2D eigenvalue weighted by molar-refractivity contribution is 6.13. The SMILES string of the molecule is COc1ccc(N2C(=O)c3ccccc3C2(Cc2ccccc2)c2c[nH]c3ccccc23)cc1. The van der Waals surface area contributed by atoms with Crippen LogP contribution < -0.4 is 9.64 Å². The smallest absolute Gasteiger partial charge is 0.259 e. The summed E-state index contributed by atoms with van der Waals surface area (Å²) in [5, 5.41) is 1.11. The molecule has 5 aromatic rings. The molecule has 2 heterocycles. The van der Waals surface area contributed by atoms with E-state index in [0.29, 0.717) is 6.42 Å². The van der Waals surface area contributed by atoms with Gasteiger partial charge in [0.1, 0.15) is 11.3 Å². The number of nitrogens with zero attached hydrogens (tertiary/aromatic N) is 1. The van der Waals surface area contributed by atoms with Crippen LogP contribution in [-0.4, -0.2) is 18.0 Å². The molecule has 6 rings (SSSR count). The second kappa shape index (κ2) is 7.92. The highest BCUT2D eigenvalue weighted by Gasteiger charge is 2.52. The summed E-state index contributed by atoms with van der Waals surface area (Å²) < 4.78 is 5.39. The lowest BCUT2D eigenvalue weighted by Gasteiger charge is -2.40. The van der Waals surface area contributed by atoms with E-state index in [0.717, 1.165) is 44.6 Å². The third-order valence-electron chi connectivity index (χ3n) is 6.86. The lowest BCUT2D eigenvalue weighted by atomic mass is 9.77. The van der Waals surface area contributed by atoms with E-state index in [-0.39, 0.29) is 5.91 Å². The fourth-order valence-electron chi connectivity index (χ4n) is 5.35. The van der Waals surface area contributed by atoms with Gasteiger partial charge in [-0.05, 0) is 47.5 Å². The van der Waals surface area contributed by atoms with Crippen LogP contribution in [0.15, 0.2) is 109 Å². The number of hydrogen-bond acceptors (Lipinski definition) is 2. The normalized spacial score (nSPS) is 17.2. The molecule has 0 spiro atoms. The number of benzene rings is 4. The molecule has 4 nitrogen and oxygen atoms in total. The lowest BCUT2D eigenvalue weighted by Crippen LogP contribution is -2.46. The molecule has 1 aliphatic heterocycles. The van der Waals surface area contributed by atoms with Crippen molar-refractivity contribution in [3.05, 3.63) is 132 Å². The number of fused-ring (bicyclic) bond motifs is 2. The minimum atomic E-state index is -0.719. The molecule has 1 aromatic heterocycles. The van der Waals surface area contributed by atoms with E-state index in [4.69, 9.17) is 4.74 Å². The number of aromatic nitrogens is 1. The summed E-state index contributed by atoms with van der Waals surface area (Å²) >= 11 is 0. The van der Waals surface area contributed by atoms with Gasteiger partial charge < -0.3 is 9.72 Å². The van der Waals surface area contributed by atoms with Gasteiger partial charge in [-0.1, -0.05) is 66.7 Å². The summed E-state index contributed by atoms with van der Waals surface area (Å²) in [5.41, 5.74) is 5.17. The summed E-state index contributed by atoms with van der Waals surface area (Å²) in [7, 11) is 1.65. The van der Waals surface area contributed by atoms with Crippen molar-refractivity contribution in [2.75, 3.05) is 12.0 Å². The van der Waals surface area contributed by atoms with E-state index in [1.54, 1.807) is 7.11 Å². The molecule has 1 amide bonds. The molecule has 1 atom stereocenters. The van der Waals surface area contributed by atoms with Gasteiger partial charge in [-0.3, -0.25) is 9.69 Å². The van der Waals surface area contributed by atoms with Crippen LogP contribution in [-0.2, 0) is 12.0 Å². The van der Waals surface area contributed by atoms with Crippen molar-refractivity contribution >= 4 is 22.5 Å². The summed E-state index contributed by atoms with van der Waals surface area (Å²) in [5.74, 6) is 0.760. The Morgan fingerprint density at radius 3 is 2.29 bits per heavy atom. The third kappa shape index (κ3) is 2.96. The number of aromatic amines is 1. The summed E-state index contributed by atoms with van der Waals surface area (Å²) in [6.07, 6.45) is 2.71. The summed E-state index contributed by atoms with van der Waals surface area (Å²) in [4.78, 5) is 19.5. The molecule has 0 bridgehead atoms. The van der Waals surface area contributed by atoms with Gasteiger partial charge in [-0.15, -0.1) is 0 Å². The number of para-hydroxylation sites is 1. The second-order valence-electron chi connectivity index (χ2n) is 8.65. The number of anilines is 1. The zero-order chi connectivity index (χ0) is 23.1. The Bertz CT molecular complexity index is 1490. The predicted octanol–water partition coefficient (Wildman–Crippen LogP) is 6.32. The van der Waals surface area contributed by atoms with Gasteiger partial charge in [-0.25, -0.2) is 0 Å². The minimum Gasteiger partial charge on any atom is -0.497 e. The van der Waals surface area contributed by atoms with Crippen LogP contribution in [0.1, 0.15) is 27.0 Å². The minimum absolute atomic E-state index is 0.00183. The highest BCUT2D eigenvalue weighted by Crippen LogP contribution is 2.50. The number of ether oxygens (including phenoxy) is 1. The lowest BCUT2D eigenvalue weighted by molar-refractivity contribution is 0.0982. The zero-order valence-corrected chi connectivity index (χ0v) is 18.9. The van der Waals surface area contributed by atoms with E-state index < -0.39 is 5.54 Å². The fraction of sp³-hybridized carbons (Fsp3) is 0.100. The number of amides is 1. The van der Waals surface area contributed by atoms with Gasteiger partial charge in [-0.2, -0.15) is 0 Å². The van der Waals surface area contributed by atoms with Crippen molar-refractivity contribution in [2.45, 2.75) is 12.0 Å². The van der Waals surface area contributed by atoms with E-state index >= 15 is 0 Å². The molecule has 1 N–H and O–H groups in total. The molecule has 4 aromatic carbocycles. The molecule has 1 unspecified atom stereocenters. The van der Waals surface area contributed by atoms with Crippen molar-refractivity contribution in [3.8, 4) is 5.75 Å². The topological polar surface area (TPSA) is 45.3 Å². The Labute approximate surface area is 198 Å². The van der Waals surface area contributed by atoms with Crippen molar-refractivity contribution in [3.63, 3.8) is 0 Å². The Morgan fingerprint density at radius 2 is 1.50 bits per heavy atom. The van der Waals surface area contributed by atoms with Crippen molar-refractivity contribution in [2.24, 2.45) is 0 Å². The molecule has 1 aliphatic rings. The monoisotopic (exact) mass is 444 g/mol. The van der Waals surface area contributed by atoms with Crippen LogP contribution in [0.4, 0.5) is 5.69 Å². The number of H-pyrrole nitrogens is 1. The first-order valence-corrected chi connectivity index (χ1v) is 11.4. The van der Waals surface area contributed by atoms with E-state index in [9.17, 15) is 4.79 Å². The molecule has 0 radical (unpaired) electrons. The second-order valence-corrected chi connectivity index (χ2v) is 8.65. The Hall–Kier alpha value is -4.31. The number of rotatable bonds is 5. The Balaban J connectivity index is 1.68. The average Bonchev–Trinajstić information content (AvgIpc) is 3.43. The van der Waals surface area contributed by atoms with Gasteiger partial charge >= 0.3 is 0 Å². The molecule has 34 heavy (non-hydrogen) atoms. The fourth-order valence-corrected chi connectivity index (χ4v) is 5.35. The quantitative estimate of drug-likeness (QED) is 0.345. The number of nitrogens with one attached hydrogen (secondary N) is 1. The zero-order valence-electron chi connectivity index (χ0n) is 18.9. The predicted molar refractivity (Wildman–Crippen MR) is 135 cm³/mol. The maximum absolute atomic E-state index is 14.1. The standard InChI is InChI=1S/C30H24N2O2/c1-34-23-17-15-22(16-18-23)32-29(33)25-12-5-7-13-26(25)30(32,19-21-9-3-2-4-10-21)27-20-31-28-14-8-6-11-24(27)28/h2-18,20,31H,19H2,1H3. The summed E-state index contributed by atoms with van der Waals surface area (Å²) in [6, 6.07) is 34.5. The van der Waals surface area contributed by atoms with Gasteiger partial charge in [0.05, 0.1) is 7.11 Å². The van der Waals surface area contributed by atoms with Gasteiger partial charge in [0.2, 0.25) is 0 Å². The highest BCUT2D eigenvalue weighted by atomic mass is 16.5. The number of methoxy groups -OCH3 is 1. The van der Waals surface area contributed by atoms with Crippen LogP contribution in [0.5, 0.6) is 5.75 Å². The Kier molecular flexibility index (Phi) is 4.73. The van der Waals surface area contributed by atoms with E-state index in [1.165, 1.54) is 0 Å². The first kappa shape index (κ1) is 20.3. The van der Waals surface area contributed by atoms with Gasteiger partial charge in [0.25, 0.3) is 5.91 Å². The number of carbonyl (C=O) groups is 1. The molecule has 0 aliphatic carbocycles.